The molecule has 2 N–H and O–H groups in total. The van der Waals surface area contributed by atoms with Gasteiger partial charge in [0, 0.05) is 18.2 Å². The Morgan fingerprint density at radius 2 is 1.88 bits per heavy atom. The molecule has 2 rings (SSSR count). The second-order valence-corrected chi connectivity index (χ2v) is 9.19. The molecular weight excluding hydrogens is 354 g/mol. The van der Waals surface area contributed by atoms with Gasteiger partial charge in [0.25, 0.3) is 10.0 Å². The summed E-state index contributed by atoms with van der Waals surface area (Å²) in [5.41, 5.74) is 1.14. The maximum Gasteiger partial charge on any atom is 0.407 e. The van der Waals surface area contributed by atoms with Gasteiger partial charge in [0.1, 0.15) is 5.60 Å². The minimum atomic E-state index is -3.69. The minimum Gasteiger partial charge on any atom is -0.444 e. The van der Waals surface area contributed by atoms with Crippen LogP contribution in [0.25, 0.3) is 0 Å². The molecule has 26 heavy (non-hydrogen) atoms. The number of hydrazone groups is 1. The van der Waals surface area contributed by atoms with Crippen molar-refractivity contribution in [1.29, 1.82) is 0 Å². The van der Waals surface area contributed by atoms with Gasteiger partial charge in [-0.1, -0.05) is 17.7 Å². The second-order valence-electron chi connectivity index (χ2n) is 7.53. The van der Waals surface area contributed by atoms with Crippen molar-refractivity contribution in [2.24, 2.45) is 5.10 Å². The quantitative estimate of drug-likeness (QED) is 0.783. The number of aryl methyl sites for hydroxylation is 1. The lowest BCUT2D eigenvalue weighted by Crippen LogP contribution is -2.41. The molecular formula is C18H27N3O4S. The van der Waals surface area contributed by atoms with Gasteiger partial charge in [-0.25, -0.2) is 9.63 Å². The van der Waals surface area contributed by atoms with Crippen molar-refractivity contribution < 1.29 is 17.9 Å². The highest BCUT2D eigenvalue weighted by atomic mass is 32.2. The van der Waals surface area contributed by atoms with E-state index in [1.807, 2.05) is 6.92 Å². The van der Waals surface area contributed by atoms with Crippen LogP contribution >= 0.6 is 0 Å². The van der Waals surface area contributed by atoms with Gasteiger partial charge in [0.2, 0.25) is 0 Å². The Morgan fingerprint density at radius 1 is 1.23 bits per heavy atom. The molecule has 0 aromatic heterocycles. The van der Waals surface area contributed by atoms with Crippen molar-refractivity contribution >= 4 is 21.8 Å². The number of benzene rings is 1. The highest BCUT2D eigenvalue weighted by molar-refractivity contribution is 7.89. The number of nitrogens with zero attached hydrogens (tertiary/aromatic N) is 1. The molecule has 1 fully saturated rings. The number of alkyl carbamates (subject to hydrolysis) is 1. The number of rotatable bonds is 4. The summed E-state index contributed by atoms with van der Waals surface area (Å²) in [7, 11) is -3.69. The van der Waals surface area contributed by atoms with Gasteiger partial charge in [0.15, 0.2) is 0 Å². The Morgan fingerprint density at radius 3 is 2.50 bits per heavy atom. The Hall–Kier alpha value is -2.09. The number of nitrogens with one attached hydrogen (secondary N) is 2. The zero-order valence-corrected chi connectivity index (χ0v) is 16.5. The molecule has 0 spiro atoms. The van der Waals surface area contributed by atoms with Crippen LogP contribution < -0.4 is 10.1 Å². The molecule has 1 unspecified atom stereocenters. The molecule has 0 heterocycles. The summed E-state index contributed by atoms with van der Waals surface area (Å²) < 4.78 is 29.8. The van der Waals surface area contributed by atoms with E-state index in [-0.39, 0.29) is 10.9 Å². The van der Waals surface area contributed by atoms with Crippen molar-refractivity contribution in [2.45, 2.75) is 69.9 Å². The lowest BCUT2D eigenvalue weighted by molar-refractivity contribution is 0.0501. The summed E-state index contributed by atoms with van der Waals surface area (Å²) in [6.45, 7) is 7.31. The van der Waals surface area contributed by atoms with Gasteiger partial charge in [-0.3, -0.25) is 0 Å². The monoisotopic (exact) mass is 381 g/mol. The maximum atomic E-state index is 12.3. The van der Waals surface area contributed by atoms with Crippen molar-refractivity contribution in [3.05, 3.63) is 29.8 Å². The number of carbonyl (C=O) groups is 1. The minimum absolute atomic E-state index is 0.110. The van der Waals surface area contributed by atoms with E-state index in [4.69, 9.17) is 4.74 Å². The number of hydrogen-bond donors (Lipinski definition) is 2. The summed E-state index contributed by atoms with van der Waals surface area (Å²) in [5, 5.41) is 6.89. The van der Waals surface area contributed by atoms with E-state index in [1.165, 1.54) is 0 Å². The zero-order valence-electron chi connectivity index (χ0n) is 15.7. The summed E-state index contributed by atoms with van der Waals surface area (Å²) in [4.78, 5) is 14.3. The predicted octanol–water partition coefficient (Wildman–Crippen LogP) is 3.10. The molecule has 144 valence electrons. The van der Waals surface area contributed by atoms with Crippen LogP contribution in [0.15, 0.2) is 34.3 Å². The van der Waals surface area contributed by atoms with Gasteiger partial charge in [-0.15, -0.1) is 0 Å². The fourth-order valence-electron chi connectivity index (χ4n) is 2.63. The highest BCUT2D eigenvalue weighted by Crippen LogP contribution is 2.17. The van der Waals surface area contributed by atoms with Gasteiger partial charge in [-0.05, 0) is 59.1 Å². The third-order valence-corrected chi connectivity index (χ3v) is 5.10. The fraction of sp³-hybridized carbons (Fsp3) is 0.556. The molecule has 1 aromatic carbocycles. The lowest BCUT2D eigenvalue weighted by atomic mass is 9.94. The summed E-state index contributed by atoms with van der Waals surface area (Å²) >= 11 is 0. The molecule has 1 aliphatic carbocycles. The average Bonchev–Trinajstić information content (AvgIpc) is 2.52. The van der Waals surface area contributed by atoms with Crippen molar-refractivity contribution in [1.82, 2.24) is 10.1 Å². The van der Waals surface area contributed by atoms with E-state index in [2.05, 4.69) is 15.2 Å². The molecule has 8 heteroatoms. The van der Waals surface area contributed by atoms with E-state index in [1.54, 1.807) is 45.0 Å². The Bertz CT molecular complexity index is 765. The molecule has 1 amide bonds. The zero-order chi connectivity index (χ0) is 19.4. The molecule has 0 aliphatic heterocycles. The van der Waals surface area contributed by atoms with Crippen LogP contribution in [-0.4, -0.2) is 31.9 Å². The topological polar surface area (TPSA) is 96.9 Å². The predicted molar refractivity (Wildman–Crippen MR) is 101 cm³/mol. The fourth-order valence-corrected chi connectivity index (χ4v) is 3.48. The third-order valence-electron chi connectivity index (χ3n) is 3.88. The summed E-state index contributed by atoms with van der Waals surface area (Å²) in [6.07, 6.45) is 2.36. The summed E-state index contributed by atoms with van der Waals surface area (Å²) in [5.74, 6) is 0. The smallest absolute Gasteiger partial charge is 0.407 e. The summed E-state index contributed by atoms with van der Waals surface area (Å²) in [6, 6.07) is 6.46. The number of carbonyl (C=O) groups excluding carboxylic acids is 1. The third kappa shape index (κ3) is 6.33. The lowest BCUT2D eigenvalue weighted by Gasteiger charge is -2.26. The molecule has 7 nitrogen and oxygen atoms in total. The Kier molecular flexibility index (Phi) is 6.28. The first kappa shape index (κ1) is 20.2. The molecule has 1 aromatic rings. The van der Waals surface area contributed by atoms with Crippen LogP contribution in [0.4, 0.5) is 4.79 Å². The highest BCUT2D eigenvalue weighted by Gasteiger charge is 2.24. The second kappa shape index (κ2) is 8.07. The Balaban J connectivity index is 1.96. The maximum absolute atomic E-state index is 12.3. The standard InChI is InChI=1S/C18H27N3O4S/c1-13-8-10-16(11-9-13)26(23,24)21-20-15-7-5-6-14(12-15)19-17(22)25-18(2,3)4/h8-11,14,21H,5-7,12H2,1-4H3,(H,19,22)/b20-15+. The van der Waals surface area contributed by atoms with Gasteiger partial charge in [-0.2, -0.15) is 13.5 Å². The van der Waals surface area contributed by atoms with E-state index in [0.29, 0.717) is 18.6 Å². The molecule has 0 saturated heterocycles. The first-order valence-electron chi connectivity index (χ1n) is 8.68. The van der Waals surface area contributed by atoms with E-state index in [0.717, 1.165) is 18.4 Å². The molecule has 0 radical (unpaired) electrons. The number of hydrogen-bond acceptors (Lipinski definition) is 5. The van der Waals surface area contributed by atoms with Gasteiger partial charge in [0.05, 0.1) is 4.90 Å². The average molecular weight is 381 g/mol. The Labute approximate surface area is 155 Å². The van der Waals surface area contributed by atoms with Crippen LogP contribution in [0.1, 0.15) is 52.0 Å². The first-order chi connectivity index (χ1) is 12.0. The SMILES string of the molecule is Cc1ccc(S(=O)(=O)N/N=C2\CCCC(NC(=O)OC(C)(C)C)C2)cc1. The first-order valence-corrected chi connectivity index (χ1v) is 10.2. The number of ether oxygens (including phenoxy) is 1. The van der Waals surface area contributed by atoms with Crippen LogP contribution in [-0.2, 0) is 14.8 Å². The number of sulfonamides is 1. The van der Waals surface area contributed by atoms with Crippen molar-refractivity contribution in [3.8, 4) is 0 Å². The molecule has 1 atom stereocenters. The van der Waals surface area contributed by atoms with Crippen molar-refractivity contribution in [2.75, 3.05) is 0 Å². The molecule has 0 bridgehead atoms. The molecule has 1 aliphatic rings. The van der Waals surface area contributed by atoms with E-state index >= 15 is 0 Å². The normalized spacial score (nSPS) is 19.8. The van der Waals surface area contributed by atoms with Crippen LogP contribution in [0, 0.1) is 6.92 Å². The van der Waals surface area contributed by atoms with E-state index < -0.39 is 21.7 Å². The van der Waals surface area contributed by atoms with Crippen LogP contribution in [0.2, 0.25) is 0 Å². The largest absolute Gasteiger partial charge is 0.444 e. The van der Waals surface area contributed by atoms with Crippen LogP contribution in [0.3, 0.4) is 0 Å². The van der Waals surface area contributed by atoms with Crippen molar-refractivity contribution in [3.63, 3.8) is 0 Å². The van der Waals surface area contributed by atoms with Gasteiger partial charge >= 0.3 is 6.09 Å². The van der Waals surface area contributed by atoms with Gasteiger partial charge < -0.3 is 10.1 Å². The number of amides is 1. The molecule has 1 saturated carbocycles. The van der Waals surface area contributed by atoms with Crippen LogP contribution in [0.5, 0.6) is 0 Å². The van der Waals surface area contributed by atoms with E-state index in [9.17, 15) is 13.2 Å².